The molecule has 1 saturated carbocycles. The number of hydrogen-bond donors (Lipinski definition) is 4. The highest BCUT2D eigenvalue weighted by molar-refractivity contribution is 6.01. The van der Waals surface area contributed by atoms with E-state index in [0.29, 0.717) is 24.3 Å². The number of aliphatic hydroxyl groups excluding tert-OH is 1. The van der Waals surface area contributed by atoms with E-state index in [1.165, 1.54) is 6.42 Å². The molecule has 10 heteroatoms. The monoisotopic (exact) mass is 517 g/mol. The molecule has 2 aliphatic rings. The van der Waals surface area contributed by atoms with E-state index in [1.807, 2.05) is 20.8 Å². The smallest absolute Gasteiger partial charge is 0.319 e. The molecule has 4 N–H and O–H groups in total. The van der Waals surface area contributed by atoms with E-state index in [-0.39, 0.29) is 42.3 Å². The molecule has 3 rings (SSSR count). The Hall–Kier alpha value is -3.01. The standard InChI is InChI=1S/C27H43N5O5/c1-17(2)28-26(35)30-22-13-9-12-21-24(22)37-23(18(3)14-32(25(21)34)19(4)16-33)15-31(5)27(36)29-20-10-7-6-8-11-20/h9,12-13,17-20,23,33H,6-8,10-11,14-16H2,1-5H3,(H,29,36)(H2,28,30,35)/t18-,19+,23-/m0/s1. The molecule has 1 aliphatic carbocycles. The van der Waals surface area contributed by atoms with Crippen molar-refractivity contribution in [3.05, 3.63) is 23.8 Å². The fraction of sp³-hybridized carbons (Fsp3) is 0.667. The summed E-state index contributed by atoms with van der Waals surface area (Å²) in [6.07, 6.45) is 4.99. The summed E-state index contributed by atoms with van der Waals surface area (Å²) in [5.74, 6) is -0.175. The zero-order valence-corrected chi connectivity index (χ0v) is 22.8. The summed E-state index contributed by atoms with van der Waals surface area (Å²) in [5, 5.41) is 18.6. The second-order valence-corrected chi connectivity index (χ2v) is 10.7. The van der Waals surface area contributed by atoms with E-state index in [4.69, 9.17) is 4.74 Å². The highest BCUT2D eigenvalue weighted by Gasteiger charge is 2.35. The normalized spacial score (nSPS) is 21.3. The topological polar surface area (TPSA) is 123 Å². The first kappa shape index (κ1) is 28.6. The van der Waals surface area contributed by atoms with Gasteiger partial charge in [0.25, 0.3) is 5.91 Å². The highest BCUT2D eigenvalue weighted by Crippen LogP contribution is 2.35. The lowest BCUT2D eigenvalue weighted by Gasteiger charge is -2.38. The average Bonchev–Trinajstić information content (AvgIpc) is 2.86. The number of hydrogen-bond acceptors (Lipinski definition) is 5. The van der Waals surface area contributed by atoms with Gasteiger partial charge in [-0.2, -0.15) is 0 Å². The van der Waals surface area contributed by atoms with Crippen molar-refractivity contribution in [2.45, 2.75) is 84.0 Å². The van der Waals surface area contributed by atoms with Gasteiger partial charge in [0.2, 0.25) is 0 Å². The van der Waals surface area contributed by atoms with Gasteiger partial charge in [-0.3, -0.25) is 4.79 Å². The SMILES string of the molecule is CC(C)NC(=O)Nc1cccc2c1O[C@@H](CN(C)C(=O)NC1CCCCC1)[C@@H](C)CN([C@H](C)CO)C2=O. The van der Waals surface area contributed by atoms with Crippen LogP contribution in [0.1, 0.15) is 70.2 Å². The molecule has 0 spiro atoms. The Labute approximate surface area is 220 Å². The number of carbonyl (C=O) groups is 3. The van der Waals surface area contributed by atoms with Crippen LogP contribution < -0.4 is 20.7 Å². The van der Waals surface area contributed by atoms with Gasteiger partial charge in [0.05, 0.1) is 30.4 Å². The molecule has 0 unspecified atom stereocenters. The predicted molar refractivity (Wildman–Crippen MR) is 143 cm³/mol. The fourth-order valence-corrected chi connectivity index (χ4v) is 4.86. The number of nitrogens with one attached hydrogen (secondary N) is 3. The van der Waals surface area contributed by atoms with Crippen molar-refractivity contribution in [1.29, 1.82) is 0 Å². The number of aliphatic hydroxyl groups is 1. The van der Waals surface area contributed by atoms with E-state index in [9.17, 15) is 19.5 Å². The van der Waals surface area contributed by atoms with Gasteiger partial charge in [-0.05, 0) is 45.7 Å². The van der Waals surface area contributed by atoms with Crippen LogP contribution in [0.15, 0.2) is 18.2 Å². The van der Waals surface area contributed by atoms with Crippen LogP contribution in [0.2, 0.25) is 0 Å². The van der Waals surface area contributed by atoms with E-state index < -0.39 is 18.2 Å². The van der Waals surface area contributed by atoms with Gasteiger partial charge < -0.3 is 35.6 Å². The van der Waals surface area contributed by atoms with Crippen molar-refractivity contribution in [3.63, 3.8) is 0 Å². The Bertz CT molecular complexity index is 949. The predicted octanol–water partition coefficient (Wildman–Crippen LogP) is 3.41. The summed E-state index contributed by atoms with van der Waals surface area (Å²) in [6, 6.07) is 4.19. The zero-order valence-electron chi connectivity index (χ0n) is 22.8. The summed E-state index contributed by atoms with van der Waals surface area (Å²) >= 11 is 0. The van der Waals surface area contributed by atoms with Gasteiger partial charge in [-0.15, -0.1) is 0 Å². The van der Waals surface area contributed by atoms with Crippen molar-refractivity contribution >= 4 is 23.7 Å². The molecule has 37 heavy (non-hydrogen) atoms. The fourth-order valence-electron chi connectivity index (χ4n) is 4.86. The summed E-state index contributed by atoms with van der Waals surface area (Å²) in [4.78, 5) is 42.3. The summed E-state index contributed by atoms with van der Waals surface area (Å²) in [5.41, 5.74) is 0.669. The zero-order chi connectivity index (χ0) is 27.1. The van der Waals surface area contributed by atoms with Gasteiger partial charge in [0.15, 0.2) is 5.75 Å². The molecular formula is C27H43N5O5. The molecule has 0 radical (unpaired) electrons. The molecule has 0 saturated heterocycles. The molecule has 1 fully saturated rings. The van der Waals surface area contributed by atoms with E-state index in [0.717, 1.165) is 25.7 Å². The van der Waals surface area contributed by atoms with Crippen molar-refractivity contribution in [2.24, 2.45) is 5.92 Å². The van der Waals surface area contributed by atoms with E-state index in [1.54, 1.807) is 42.0 Å². The van der Waals surface area contributed by atoms with Crippen LogP contribution in [0.5, 0.6) is 5.75 Å². The maximum Gasteiger partial charge on any atom is 0.319 e. The number of fused-ring (bicyclic) bond motifs is 1. The molecule has 1 aromatic carbocycles. The number of para-hydroxylation sites is 1. The summed E-state index contributed by atoms with van der Waals surface area (Å²) < 4.78 is 6.45. The number of anilines is 1. The molecule has 0 aromatic heterocycles. The van der Waals surface area contributed by atoms with E-state index >= 15 is 0 Å². The second kappa shape index (κ2) is 13.0. The molecule has 206 valence electrons. The van der Waals surface area contributed by atoms with Gasteiger partial charge in [0.1, 0.15) is 6.10 Å². The quantitative estimate of drug-likeness (QED) is 0.441. The number of benzene rings is 1. The first-order valence-corrected chi connectivity index (χ1v) is 13.4. The van der Waals surface area contributed by atoms with Gasteiger partial charge >= 0.3 is 12.1 Å². The number of amides is 5. The van der Waals surface area contributed by atoms with Gasteiger partial charge in [-0.25, -0.2) is 9.59 Å². The lowest BCUT2D eigenvalue weighted by molar-refractivity contribution is 0.0368. The number of rotatable bonds is 7. The van der Waals surface area contributed by atoms with Crippen molar-refractivity contribution in [3.8, 4) is 5.75 Å². The largest absolute Gasteiger partial charge is 0.485 e. The number of carbonyl (C=O) groups excluding carboxylic acids is 3. The van der Waals surface area contributed by atoms with Crippen LogP contribution in [0.4, 0.5) is 15.3 Å². The minimum Gasteiger partial charge on any atom is -0.485 e. The van der Waals surface area contributed by atoms with Crippen molar-refractivity contribution < 1.29 is 24.2 Å². The minimum absolute atomic E-state index is 0.0712. The molecule has 1 aliphatic heterocycles. The number of nitrogens with zero attached hydrogens (tertiary/aromatic N) is 2. The highest BCUT2D eigenvalue weighted by atomic mass is 16.5. The van der Waals surface area contributed by atoms with Crippen LogP contribution in [0.3, 0.4) is 0 Å². The Balaban J connectivity index is 1.89. The third-order valence-electron chi connectivity index (χ3n) is 7.09. The molecule has 5 amide bonds. The van der Waals surface area contributed by atoms with Crippen LogP contribution in [0, 0.1) is 5.92 Å². The Morgan fingerprint density at radius 3 is 2.54 bits per heavy atom. The Morgan fingerprint density at radius 2 is 1.89 bits per heavy atom. The molecule has 1 aromatic rings. The van der Waals surface area contributed by atoms with Crippen LogP contribution in [-0.2, 0) is 0 Å². The van der Waals surface area contributed by atoms with Crippen molar-refractivity contribution in [2.75, 3.05) is 32.1 Å². The lowest BCUT2D eigenvalue weighted by Crippen LogP contribution is -2.52. The lowest BCUT2D eigenvalue weighted by atomic mass is 9.96. The summed E-state index contributed by atoms with van der Waals surface area (Å²) in [7, 11) is 1.74. The maximum absolute atomic E-state index is 13.5. The first-order valence-electron chi connectivity index (χ1n) is 13.4. The third kappa shape index (κ3) is 7.50. The summed E-state index contributed by atoms with van der Waals surface area (Å²) in [6.45, 7) is 7.94. The van der Waals surface area contributed by atoms with Crippen molar-refractivity contribution in [1.82, 2.24) is 20.4 Å². The second-order valence-electron chi connectivity index (χ2n) is 10.7. The van der Waals surface area contributed by atoms with Gasteiger partial charge in [0, 0.05) is 31.6 Å². The minimum atomic E-state index is -0.460. The number of ether oxygens (including phenoxy) is 1. The van der Waals surface area contributed by atoms with E-state index in [2.05, 4.69) is 16.0 Å². The van der Waals surface area contributed by atoms with Crippen LogP contribution >= 0.6 is 0 Å². The Kier molecular flexibility index (Phi) is 10.0. The average molecular weight is 518 g/mol. The molecule has 1 heterocycles. The third-order valence-corrected chi connectivity index (χ3v) is 7.09. The molecule has 0 bridgehead atoms. The number of likely N-dealkylation sites (N-methyl/N-ethyl adjacent to an activating group) is 1. The Morgan fingerprint density at radius 1 is 1.19 bits per heavy atom. The molecule has 10 nitrogen and oxygen atoms in total. The maximum atomic E-state index is 13.5. The van der Waals surface area contributed by atoms with Gasteiger partial charge in [-0.1, -0.05) is 32.3 Å². The van der Waals surface area contributed by atoms with Crippen LogP contribution in [0.25, 0.3) is 0 Å². The first-order chi connectivity index (χ1) is 17.6. The number of urea groups is 2. The molecule has 3 atom stereocenters. The van der Waals surface area contributed by atoms with Crippen LogP contribution in [-0.4, -0.2) is 83.8 Å². The molecular weight excluding hydrogens is 474 g/mol.